The van der Waals surface area contributed by atoms with Crippen LogP contribution in [0.4, 0.5) is 5.95 Å². The number of hydrogen-bond acceptors (Lipinski definition) is 6. The topological polar surface area (TPSA) is 91.1 Å². The van der Waals surface area contributed by atoms with Crippen LogP contribution in [0.15, 0.2) is 6.20 Å². The van der Waals surface area contributed by atoms with Crippen molar-refractivity contribution >= 4 is 5.95 Å². The molecule has 1 unspecified atom stereocenters. The number of aliphatic hydroxyl groups is 1. The second kappa shape index (κ2) is 8.32. The van der Waals surface area contributed by atoms with E-state index in [4.69, 9.17) is 4.74 Å². The van der Waals surface area contributed by atoms with Crippen molar-refractivity contribution in [3.63, 3.8) is 0 Å². The van der Waals surface area contributed by atoms with E-state index in [1.807, 2.05) is 6.92 Å². The second-order valence-corrected chi connectivity index (χ2v) is 8.18. The van der Waals surface area contributed by atoms with E-state index in [9.17, 15) is 10.4 Å². The van der Waals surface area contributed by atoms with Crippen molar-refractivity contribution in [2.24, 2.45) is 5.92 Å². The van der Waals surface area contributed by atoms with Gasteiger partial charge in [0.2, 0.25) is 5.95 Å². The summed E-state index contributed by atoms with van der Waals surface area (Å²) in [5, 5.41) is 23.2. The minimum atomic E-state index is -0.593. The van der Waals surface area contributed by atoms with E-state index >= 15 is 0 Å². The average Bonchev–Trinajstić information content (AvgIpc) is 2.62. The van der Waals surface area contributed by atoms with Crippen LogP contribution in [0.25, 0.3) is 0 Å². The number of anilines is 1. The predicted octanol–water partition coefficient (Wildman–Crippen LogP) is 3.20. The number of rotatable bonds is 5. The Morgan fingerprint density at radius 1 is 1.35 bits per heavy atom. The molecule has 26 heavy (non-hydrogen) atoms. The first-order valence-corrected chi connectivity index (χ1v) is 9.77. The van der Waals surface area contributed by atoms with Crippen LogP contribution in [0.5, 0.6) is 0 Å². The van der Waals surface area contributed by atoms with Crippen LogP contribution >= 0.6 is 0 Å². The van der Waals surface area contributed by atoms with Gasteiger partial charge in [-0.25, -0.2) is 9.97 Å². The maximum atomic E-state index is 10.3. The average molecular weight is 358 g/mol. The second-order valence-electron chi connectivity index (χ2n) is 8.18. The summed E-state index contributed by atoms with van der Waals surface area (Å²) >= 11 is 0. The van der Waals surface area contributed by atoms with Crippen molar-refractivity contribution in [2.75, 3.05) is 12.4 Å². The molecule has 2 fully saturated rings. The fourth-order valence-electron chi connectivity index (χ4n) is 4.41. The number of nitrogens with one attached hydrogen (secondary N) is 1. The summed E-state index contributed by atoms with van der Waals surface area (Å²) in [4.78, 5) is 9.00. The third-order valence-electron chi connectivity index (χ3n) is 5.87. The molecule has 2 aliphatic rings. The largest absolute Gasteiger partial charge is 0.390 e. The summed E-state index contributed by atoms with van der Waals surface area (Å²) in [5.74, 6) is 0.980. The van der Waals surface area contributed by atoms with Gasteiger partial charge in [-0.3, -0.25) is 0 Å². The van der Waals surface area contributed by atoms with Gasteiger partial charge in [-0.15, -0.1) is 0 Å². The molecule has 0 radical (unpaired) electrons. The van der Waals surface area contributed by atoms with E-state index in [1.54, 1.807) is 13.3 Å². The van der Waals surface area contributed by atoms with Crippen LogP contribution in [0.2, 0.25) is 0 Å². The zero-order valence-corrected chi connectivity index (χ0v) is 15.9. The number of ether oxygens (including phenoxy) is 1. The molecule has 142 valence electrons. The Morgan fingerprint density at radius 3 is 2.77 bits per heavy atom. The highest BCUT2D eigenvalue weighted by Crippen LogP contribution is 2.34. The molecule has 1 heterocycles. The molecule has 2 atom stereocenters. The minimum absolute atomic E-state index is 0.359. The molecule has 0 saturated heterocycles. The maximum Gasteiger partial charge on any atom is 0.223 e. The fraction of sp³-hybridized carbons (Fsp3) is 0.750. The molecule has 3 rings (SSSR count). The maximum absolute atomic E-state index is 10.3. The highest BCUT2D eigenvalue weighted by Gasteiger charge is 2.30. The summed E-state index contributed by atoms with van der Waals surface area (Å²) in [7, 11) is 1.77. The lowest BCUT2D eigenvalue weighted by Gasteiger charge is -2.34. The standard InChI is InChI=1S/C20H30N4O2/c1-20(25)9-3-4-14(11-20)10-18-15(12-21)13-22-19(24-18)23-16-5-7-17(26-2)8-6-16/h13-14,16-17,25H,3-11H2,1-2H3,(H,22,23,24)/t14-,16?,17?,20?/m0/s1. The van der Waals surface area contributed by atoms with Crippen molar-refractivity contribution in [1.82, 2.24) is 9.97 Å². The monoisotopic (exact) mass is 358 g/mol. The normalized spacial score (nSPS) is 32.0. The van der Waals surface area contributed by atoms with Crippen molar-refractivity contribution in [2.45, 2.75) is 82.5 Å². The van der Waals surface area contributed by atoms with Gasteiger partial charge in [-0.05, 0) is 64.2 Å². The molecular weight excluding hydrogens is 328 g/mol. The molecule has 2 aliphatic carbocycles. The Labute approximate surface area is 156 Å². The Hall–Kier alpha value is -1.71. The van der Waals surface area contributed by atoms with E-state index in [0.29, 0.717) is 29.6 Å². The Morgan fingerprint density at radius 2 is 2.12 bits per heavy atom. The Bertz CT molecular complexity index is 648. The van der Waals surface area contributed by atoms with Gasteiger partial charge in [0.25, 0.3) is 0 Å². The molecular formula is C20H30N4O2. The summed E-state index contributed by atoms with van der Waals surface area (Å²) in [5.41, 5.74) is 0.756. The predicted molar refractivity (Wildman–Crippen MR) is 99.7 cm³/mol. The van der Waals surface area contributed by atoms with E-state index in [2.05, 4.69) is 21.4 Å². The van der Waals surface area contributed by atoms with Crippen molar-refractivity contribution < 1.29 is 9.84 Å². The number of methoxy groups -OCH3 is 1. The van der Waals surface area contributed by atoms with Gasteiger partial charge >= 0.3 is 0 Å². The fourth-order valence-corrected chi connectivity index (χ4v) is 4.41. The summed E-state index contributed by atoms with van der Waals surface area (Å²) in [6.07, 6.45) is 10.6. The lowest BCUT2D eigenvalue weighted by atomic mass is 9.77. The lowest BCUT2D eigenvalue weighted by molar-refractivity contribution is 0.00107. The van der Waals surface area contributed by atoms with Crippen LogP contribution in [0.1, 0.15) is 69.5 Å². The molecule has 1 aromatic heterocycles. The van der Waals surface area contributed by atoms with Crippen LogP contribution in [-0.4, -0.2) is 39.9 Å². The Balaban J connectivity index is 1.66. The summed E-state index contributed by atoms with van der Waals surface area (Å²) in [6.45, 7) is 1.91. The highest BCUT2D eigenvalue weighted by atomic mass is 16.5. The van der Waals surface area contributed by atoms with Gasteiger partial charge in [0.15, 0.2) is 0 Å². The number of hydrogen-bond donors (Lipinski definition) is 2. The first-order chi connectivity index (χ1) is 12.5. The molecule has 0 aromatic carbocycles. The third kappa shape index (κ3) is 4.93. The van der Waals surface area contributed by atoms with Crippen molar-refractivity contribution in [1.29, 1.82) is 5.26 Å². The summed E-state index contributed by atoms with van der Waals surface area (Å²) < 4.78 is 5.42. The van der Waals surface area contributed by atoms with E-state index in [-0.39, 0.29) is 0 Å². The smallest absolute Gasteiger partial charge is 0.223 e. The highest BCUT2D eigenvalue weighted by molar-refractivity contribution is 5.37. The molecule has 6 heteroatoms. The van der Waals surface area contributed by atoms with E-state index in [1.165, 1.54) is 0 Å². The molecule has 1 aromatic rings. The number of nitriles is 1. The zero-order valence-electron chi connectivity index (χ0n) is 15.9. The zero-order chi connectivity index (χ0) is 18.6. The quantitative estimate of drug-likeness (QED) is 0.840. The first kappa shape index (κ1) is 19.1. The van der Waals surface area contributed by atoms with Gasteiger partial charge in [0.1, 0.15) is 6.07 Å². The van der Waals surface area contributed by atoms with Gasteiger partial charge in [-0.2, -0.15) is 5.26 Å². The number of aromatic nitrogens is 2. The van der Waals surface area contributed by atoms with Gasteiger partial charge in [-0.1, -0.05) is 6.42 Å². The van der Waals surface area contributed by atoms with Crippen LogP contribution in [0, 0.1) is 17.2 Å². The lowest BCUT2D eigenvalue weighted by Crippen LogP contribution is -2.33. The molecule has 6 nitrogen and oxygen atoms in total. The van der Waals surface area contributed by atoms with Gasteiger partial charge in [0.05, 0.1) is 29.2 Å². The van der Waals surface area contributed by atoms with Crippen molar-refractivity contribution in [3.8, 4) is 6.07 Å². The summed E-state index contributed by atoms with van der Waals surface area (Å²) in [6, 6.07) is 2.58. The van der Waals surface area contributed by atoms with Crippen LogP contribution in [0.3, 0.4) is 0 Å². The minimum Gasteiger partial charge on any atom is -0.390 e. The van der Waals surface area contributed by atoms with Gasteiger partial charge in [0, 0.05) is 13.2 Å². The molecule has 0 aliphatic heterocycles. The third-order valence-corrected chi connectivity index (χ3v) is 5.87. The molecule has 0 amide bonds. The number of nitrogens with zero attached hydrogens (tertiary/aromatic N) is 3. The molecule has 2 N–H and O–H groups in total. The SMILES string of the molecule is COC1CCC(Nc2ncc(C#N)c(C[C@@H]3CCCC(C)(O)C3)n2)CC1. The van der Waals surface area contributed by atoms with Crippen molar-refractivity contribution in [3.05, 3.63) is 17.5 Å². The first-order valence-electron chi connectivity index (χ1n) is 9.77. The van der Waals surface area contributed by atoms with Crippen LogP contribution in [-0.2, 0) is 11.2 Å². The molecule has 0 bridgehead atoms. The van der Waals surface area contributed by atoms with Crippen LogP contribution < -0.4 is 5.32 Å². The molecule has 0 spiro atoms. The van der Waals surface area contributed by atoms with E-state index < -0.39 is 5.60 Å². The van der Waals surface area contributed by atoms with Gasteiger partial charge < -0.3 is 15.2 Å². The van der Waals surface area contributed by atoms with E-state index in [0.717, 1.165) is 63.5 Å². The Kier molecular flexibility index (Phi) is 6.10. The molecule has 2 saturated carbocycles.